The highest BCUT2D eigenvalue weighted by molar-refractivity contribution is 6.02. The zero-order chi connectivity index (χ0) is 14.4. The summed E-state index contributed by atoms with van der Waals surface area (Å²) in [4.78, 5) is 27.5. The maximum Gasteiger partial charge on any atom is 0.249 e. The standard InChI is InChI=1S/C16H26N2O2/c1-15(2)13(19)17-16(9-4-3-5-10-16)14(20)18(15)11-12-7-6-8-12/h12H,3-11H2,1-2H3,(H,17,19). The Kier molecular flexibility index (Phi) is 3.30. The average molecular weight is 278 g/mol. The van der Waals surface area contributed by atoms with E-state index in [1.54, 1.807) is 0 Å². The van der Waals surface area contributed by atoms with Gasteiger partial charge in [0.25, 0.3) is 0 Å². The van der Waals surface area contributed by atoms with Gasteiger partial charge in [0.1, 0.15) is 11.1 Å². The Morgan fingerprint density at radius 2 is 1.75 bits per heavy atom. The maximum absolute atomic E-state index is 13.1. The van der Waals surface area contributed by atoms with Crippen molar-refractivity contribution in [2.24, 2.45) is 5.92 Å². The molecule has 0 aromatic heterocycles. The van der Waals surface area contributed by atoms with Crippen LogP contribution in [-0.2, 0) is 9.59 Å². The first-order valence-electron chi connectivity index (χ1n) is 8.10. The van der Waals surface area contributed by atoms with Gasteiger partial charge in [-0.15, -0.1) is 0 Å². The van der Waals surface area contributed by atoms with E-state index >= 15 is 0 Å². The molecule has 1 spiro atoms. The van der Waals surface area contributed by atoms with Crippen molar-refractivity contribution >= 4 is 11.8 Å². The van der Waals surface area contributed by atoms with Crippen LogP contribution in [0, 0.1) is 5.92 Å². The van der Waals surface area contributed by atoms with Gasteiger partial charge in [0.05, 0.1) is 0 Å². The minimum Gasteiger partial charge on any atom is -0.340 e. The number of nitrogens with one attached hydrogen (secondary N) is 1. The molecule has 3 aliphatic rings. The van der Waals surface area contributed by atoms with Crippen molar-refractivity contribution in [2.45, 2.75) is 76.3 Å². The van der Waals surface area contributed by atoms with Gasteiger partial charge in [0.2, 0.25) is 11.8 Å². The predicted octanol–water partition coefficient (Wildman–Crippen LogP) is 2.23. The summed E-state index contributed by atoms with van der Waals surface area (Å²) in [7, 11) is 0. The lowest BCUT2D eigenvalue weighted by Gasteiger charge is -2.52. The van der Waals surface area contributed by atoms with Crippen LogP contribution in [0.2, 0.25) is 0 Å². The van der Waals surface area contributed by atoms with Gasteiger partial charge in [-0.1, -0.05) is 25.7 Å². The van der Waals surface area contributed by atoms with Gasteiger partial charge in [-0.05, 0) is 45.4 Å². The number of rotatable bonds is 2. The second-order valence-electron chi connectivity index (χ2n) is 7.37. The lowest BCUT2D eigenvalue weighted by molar-refractivity contribution is -0.164. The van der Waals surface area contributed by atoms with E-state index in [-0.39, 0.29) is 11.8 Å². The summed E-state index contributed by atoms with van der Waals surface area (Å²) < 4.78 is 0. The first-order chi connectivity index (χ1) is 9.46. The number of amides is 2. The zero-order valence-electron chi connectivity index (χ0n) is 12.7. The number of hydrogen-bond donors (Lipinski definition) is 1. The third kappa shape index (κ3) is 2.04. The van der Waals surface area contributed by atoms with Gasteiger partial charge in [-0.3, -0.25) is 9.59 Å². The molecular formula is C16H26N2O2. The van der Waals surface area contributed by atoms with Crippen molar-refractivity contribution in [3.05, 3.63) is 0 Å². The van der Waals surface area contributed by atoms with E-state index in [1.165, 1.54) is 25.7 Å². The fourth-order valence-corrected chi connectivity index (χ4v) is 3.80. The molecule has 3 fully saturated rings. The second-order valence-corrected chi connectivity index (χ2v) is 7.37. The van der Waals surface area contributed by atoms with Crippen LogP contribution in [0.4, 0.5) is 0 Å². The number of carbonyl (C=O) groups is 2. The van der Waals surface area contributed by atoms with E-state index < -0.39 is 11.1 Å². The van der Waals surface area contributed by atoms with Crippen molar-refractivity contribution in [3.8, 4) is 0 Å². The highest BCUT2D eigenvalue weighted by Gasteiger charge is 2.54. The molecule has 112 valence electrons. The van der Waals surface area contributed by atoms with Gasteiger partial charge < -0.3 is 10.2 Å². The predicted molar refractivity (Wildman–Crippen MR) is 77.1 cm³/mol. The monoisotopic (exact) mass is 278 g/mol. The molecule has 0 aromatic carbocycles. The van der Waals surface area contributed by atoms with Gasteiger partial charge in [0, 0.05) is 6.54 Å². The topological polar surface area (TPSA) is 49.4 Å². The summed E-state index contributed by atoms with van der Waals surface area (Å²) in [5, 5.41) is 3.08. The maximum atomic E-state index is 13.1. The average Bonchev–Trinajstić information content (AvgIpc) is 2.36. The number of nitrogens with zero attached hydrogens (tertiary/aromatic N) is 1. The molecule has 1 heterocycles. The Bertz CT molecular complexity index is 420. The highest BCUT2D eigenvalue weighted by atomic mass is 16.2. The Morgan fingerprint density at radius 3 is 2.30 bits per heavy atom. The molecule has 4 nitrogen and oxygen atoms in total. The van der Waals surface area contributed by atoms with Gasteiger partial charge in [0.15, 0.2) is 0 Å². The molecule has 20 heavy (non-hydrogen) atoms. The lowest BCUT2D eigenvalue weighted by Crippen LogP contribution is -2.75. The summed E-state index contributed by atoms with van der Waals surface area (Å²) in [5.41, 5.74) is -1.29. The third-order valence-electron chi connectivity index (χ3n) is 5.61. The van der Waals surface area contributed by atoms with E-state index in [0.717, 1.165) is 32.2 Å². The molecule has 2 amide bonds. The molecular weight excluding hydrogens is 252 g/mol. The third-order valence-corrected chi connectivity index (χ3v) is 5.61. The Morgan fingerprint density at radius 1 is 1.10 bits per heavy atom. The van der Waals surface area contributed by atoms with Crippen molar-refractivity contribution in [1.29, 1.82) is 0 Å². The quantitative estimate of drug-likeness (QED) is 0.842. The van der Waals surface area contributed by atoms with Crippen LogP contribution >= 0.6 is 0 Å². The molecule has 1 aliphatic heterocycles. The fraction of sp³-hybridized carbons (Fsp3) is 0.875. The number of piperazine rings is 1. The van der Waals surface area contributed by atoms with Crippen molar-refractivity contribution in [1.82, 2.24) is 10.2 Å². The molecule has 1 N–H and O–H groups in total. The first-order valence-corrected chi connectivity index (χ1v) is 8.10. The lowest BCUT2D eigenvalue weighted by atomic mass is 9.75. The number of carbonyl (C=O) groups excluding carboxylic acids is 2. The van der Waals surface area contributed by atoms with E-state index in [9.17, 15) is 9.59 Å². The van der Waals surface area contributed by atoms with Gasteiger partial charge in [-0.2, -0.15) is 0 Å². The van der Waals surface area contributed by atoms with Crippen LogP contribution in [0.1, 0.15) is 65.2 Å². The van der Waals surface area contributed by atoms with E-state index in [0.29, 0.717) is 5.92 Å². The second kappa shape index (κ2) is 4.74. The first kappa shape index (κ1) is 13.9. The molecule has 0 bridgehead atoms. The Labute approximate surface area is 121 Å². The van der Waals surface area contributed by atoms with Crippen LogP contribution in [0.25, 0.3) is 0 Å². The smallest absolute Gasteiger partial charge is 0.249 e. The van der Waals surface area contributed by atoms with E-state index in [2.05, 4.69) is 5.32 Å². The van der Waals surface area contributed by atoms with Crippen LogP contribution in [-0.4, -0.2) is 34.3 Å². The van der Waals surface area contributed by atoms with Crippen LogP contribution in [0.5, 0.6) is 0 Å². The minimum atomic E-state index is -0.699. The largest absolute Gasteiger partial charge is 0.340 e. The minimum absolute atomic E-state index is 0.0262. The van der Waals surface area contributed by atoms with Crippen LogP contribution in [0.3, 0.4) is 0 Å². The molecule has 0 radical (unpaired) electrons. The fourth-order valence-electron chi connectivity index (χ4n) is 3.80. The molecule has 2 aliphatic carbocycles. The molecule has 0 unspecified atom stereocenters. The molecule has 0 aromatic rings. The molecule has 4 heteroatoms. The van der Waals surface area contributed by atoms with Crippen molar-refractivity contribution in [2.75, 3.05) is 6.54 Å². The van der Waals surface area contributed by atoms with Gasteiger partial charge >= 0.3 is 0 Å². The zero-order valence-corrected chi connectivity index (χ0v) is 12.7. The van der Waals surface area contributed by atoms with Crippen molar-refractivity contribution in [3.63, 3.8) is 0 Å². The van der Waals surface area contributed by atoms with Gasteiger partial charge in [-0.25, -0.2) is 0 Å². The summed E-state index contributed by atoms with van der Waals surface area (Å²) >= 11 is 0. The molecule has 1 saturated heterocycles. The Hall–Kier alpha value is -1.06. The van der Waals surface area contributed by atoms with Crippen LogP contribution in [0.15, 0.2) is 0 Å². The summed E-state index contributed by atoms with van der Waals surface area (Å²) in [6, 6.07) is 0. The molecule has 0 atom stereocenters. The highest BCUT2D eigenvalue weighted by Crippen LogP contribution is 2.38. The van der Waals surface area contributed by atoms with Crippen molar-refractivity contribution < 1.29 is 9.59 Å². The van der Waals surface area contributed by atoms with Crippen LogP contribution < -0.4 is 5.32 Å². The summed E-state index contributed by atoms with van der Waals surface area (Å²) in [6.07, 6.45) is 8.57. The number of hydrogen-bond acceptors (Lipinski definition) is 2. The van der Waals surface area contributed by atoms with E-state index in [4.69, 9.17) is 0 Å². The normalized spacial score (nSPS) is 29.2. The Balaban J connectivity index is 1.86. The summed E-state index contributed by atoms with van der Waals surface area (Å²) in [6.45, 7) is 4.53. The summed E-state index contributed by atoms with van der Waals surface area (Å²) in [5.74, 6) is 0.803. The molecule has 2 saturated carbocycles. The molecule has 3 rings (SSSR count). The SMILES string of the molecule is CC1(C)C(=O)NC2(CCCCC2)C(=O)N1CC1CCC1. The van der Waals surface area contributed by atoms with E-state index in [1.807, 2.05) is 18.7 Å².